The van der Waals surface area contributed by atoms with E-state index < -0.39 is 0 Å². The van der Waals surface area contributed by atoms with Crippen LogP contribution in [-0.2, 0) is 0 Å². The minimum Gasteiger partial charge on any atom is -0.232 e. The number of benzene rings is 2. The highest BCUT2D eigenvalue weighted by Crippen LogP contribution is 2.36. The molecule has 1 heterocycles. The van der Waals surface area contributed by atoms with Crippen molar-refractivity contribution >= 4 is 10.9 Å². The lowest BCUT2D eigenvalue weighted by molar-refractivity contribution is 0.439. The molecule has 1 aromatic heterocycles. The Bertz CT molecular complexity index is 833. The second kappa shape index (κ2) is 10.8. The van der Waals surface area contributed by atoms with Gasteiger partial charge in [-0.2, -0.15) is 0 Å². The molecule has 1 aliphatic carbocycles. The van der Waals surface area contributed by atoms with Gasteiger partial charge in [0.25, 0.3) is 0 Å². The fourth-order valence-corrected chi connectivity index (χ4v) is 3.73. The van der Waals surface area contributed by atoms with Crippen molar-refractivity contribution in [3.8, 4) is 11.4 Å². The monoisotopic (exact) mass is 362 g/mol. The predicted molar refractivity (Wildman–Crippen MR) is 118 cm³/mol. The van der Waals surface area contributed by atoms with Crippen molar-refractivity contribution in [3.63, 3.8) is 0 Å². The summed E-state index contributed by atoms with van der Waals surface area (Å²) >= 11 is 0. The first-order chi connectivity index (χ1) is 13.3. The lowest BCUT2D eigenvalue weighted by atomic mass is 9.85. The van der Waals surface area contributed by atoms with Crippen LogP contribution in [0.3, 0.4) is 0 Å². The third-order valence-corrected chi connectivity index (χ3v) is 5.01. The van der Waals surface area contributed by atoms with E-state index in [0.717, 1.165) is 16.9 Å². The molecule has 27 heavy (non-hydrogen) atoms. The molecule has 144 valence electrons. The van der Waals surface area contributed by atoms with E-state index in [9.17, 15) is 0 Å². The fourth-order valence-electron chi connectivity index (χ4n) is 3.73. The number of nitrogens with zero attached hydrogens (tertiary/aromatic N) is 2. The Morgan fingerprint density at radius 1 is 0.741 bits per heavy atom. The minimum atomic E-state index is 0.583. The topological polar surface area (TPSA) is 25.8 Å². The zero-order valence-corrected chi connectivity index (χ0v) is 17.6. The average molecular weight is 363 g/mol. The van der Waals surface area contributed by atoms with Crippen molar-refractivity contribution in [1.82, 2.24) is 9.97 Å². The van der Waals surface area contributed by atoms with Crippen molar-refractivity contribution in [2.45, 2.75) is 72.6 Å². The molecule has 2 aromatic carbocycles. The molecule has 2 heteroatoms. The zero-order chi connectivity index (χ0) is 19.6. The molecule has 0 saturated heterocycles. The summed E-state index contributed by atoms with van der Waals surface area (Å²) < 4.78 is 0. The van der Waals surface area contributed by atoms with Crippen LogP contribution < -0.4 is 0 Å². The van der Waals surface area contributed by atoms with Crippen molar-refractivity contribution < 1.29 is 0 Å². The number of rotatable bonds is 2. The molecule has 2 nitrogen and oxygen atoms in total. The van der Waals surface area contributed by atoms with Crippen LogP contribution in [0.4, 0.5) is 0 Å². The molecule has 0 unspecified atom stereocenters. The molecule has 0 N–H and O–H groups in total. The third kappa shape index (κ3) is 4.94. The number of fused-ring (bicyclic) bond motifs is 1. The first kappa shape index (κ1) is 21.1. The van der Waals surface area contributed by atoms with Gasteiger partial charge in [0.2, 0.25) is 0 Å². The normalized spacial score (nSPS) is 14.0. The highest BCUT2D eigenvalue weighted by Gasteiger charge is 2.21. The van der Waals surface area contributed by atoms with E-state index >= 15 is 0 Å². The van der Waals surface area contributed by atoms with Crippen LogP contribution in [-0.4, -0.2) is 9.97 Å². The Morgan fingerprint density at radius 2 is 1.37 bits per heavy atom. The first-order valence-corrected chi connectivity index (χ1v) is 10.7. The van der Waals surface area contributed by atoms with Crippen LogP contribution in [0.1, 0.15) is 77.0 Å². The van der Waals surface area contributed by atoms with Gasteiger partial charge in [-0.1, -0.05) is 89.4 Å². The lowest BCUT2D eigenvalue weighted by Crippen LogP contribution is -2.09. The highest BCUT2D eigenvalue weighted by molar-refractivity contribution is 5.83. The molecular formula is C25H34N2. The maximum Gasteiger partial charge on any atom is 0.160 e. The smallest absolute Gasteiger partial charge is 0.160 e. The van der Waals surface area contributed by atoms with Crippen molar-refractivity contribution in [3.05, 3.63) is 59.8 Å². The Hall–Kier alpha value is -2.22. The summed E-state index contributed by atoms with van der Waals surface area (Å²) in [6.45, 7) is 10.1. The van der Waals surface area contributed by atoms with Crippen LogP contribution in [0.15, 0.2) is 48.5 Å². The molecule has 0 aliphatic heterocycles. The summed E-state index contributed by atoms with van der Waals surface area (Å²) in [4.78, 5) is 9.90. The molecular weight excluding hydrogens is 328 g/mol. The summed E-state index contributed by atoms with van der Waals surface area (Å²) in [6.07, 6.45) is 6.53. The Kier molecular flexibility index (Phi) is 8.44. The molecule has 0 bridgehead atoms. The van der Waals surface area contributed by atoms with E-state index in [0.29, 0.717) is 5.92 Å². The van der Waals surface area contributed by atoms with Gasteiger partial charge in [0, 0.05) is 16.9 Å². The molecule has 4 rings (SSSR count). The van der Waals surface area contributed by atoms with Gasteiger partial charge in [0.15, 0.2) is 5.82 Å². The van der Waals surface area contributed by atoms with Crippen molar-refractivity contribution in [1.29, 1.82) is 0 Å². The van der Waals surface area contributed by atoms with Gasteiger partial charge in [-0.25, -0.2) is 9.97 Å². The van der Waals surface area contributed by atoms with Crippen LogP contribution >= 0.6 is 0 Å². The van der Waals surface area contributed by atoms with Gasteiger partial charge in [0.05, 0.1) is 11.2 Å². The van der Waals surface area contributed by atoms with Crippen molar-refractivity contribution in [2.24, 2.45) is 0 Å². The molecule has 3 aromatic rings. The molecule has 1 saturated carbocycles. The van der Waals surface area contributed by atoms with E-state index in [2.05, 4.69) is 55.5 Å². The summed E-state index contributed by atoms with van der Waals surface area (Å²) in [6, 6.07) is 16.9. The van der Waals surface area contributed by atoms with E-state index in [1.165, 1.54) is 48.7 Å². The Morgan fingerprint density at radius 3 is 2.07 bits per heavy atom. The molecule has 1 aliphatic rings. The van der Waals surface area contributed by atoms with Crippen LogP contribution in [0.2, 0.25) is 0 Å². The summed E-state index contributed by atoms with van der Waals surface area (Å²) in [7, 11) is 0. The molecule has 0 amide bonds. The third-order valence-electron chi connectivity index (χ3n) is 5.01. The standard InChI is InChI=1S/C21H22N2.2C2H6/c1-15-9-5-6-12-17(15)21-22-19-14-8-7-13-18(19)20(23-21)16-10-3-2-4-11-16;2*1-2/h5-9,12-14,16H,2-4,10-11H2,1H3;2*1-2H3. The van der Waals surface area contributed by atoms with E-state index in [1.54, 1.807) is 0 Å². The summed E-state index contributed by atoms with van der Waals surface area (Å²) in [5.74, 6) is 1.46. The second-order valence-electron chi connectivity index (χ2n) is 6.60. The fraction of sp³-hybridized carbons (Fsp3) is 0.440. The van der Waals surface area contributed by atoms with Gasteiger partial charge in [-0.05, 0) is 31.4 Å². The van der Waals surface area contributed by atoms with Crippen LogP contribution in [0, 0.1) is 6.92 Å². The first-order valence-electron chi connectivity index (χ1n) is 10.7. The minimum absolute atomic E-state index is 0.583. The number of hydrogen-bond acceptors (Lipinski definition) is 2. The summed E-state index contributed by atoms with van der Waals surface area (Å²) in [5, 5.41) is 1.23. The van der Waals surface area contributed by atoms with Crippen LogP contribution in [0.25, 0.3) is 22.3 Å². The van der Waals surface area contributed by atoms with Crippen LogP contribution in [0.5, 0.6) is 0 Å². The van der Waals surface area contributed by atoms with E-state index in [-0.39, 0.29) is 0 Å². The second-order valence-corrected chi connectivity index (χ2v) is 6.60. The van der Waals surface area contributed by atoms with Gasteiger partial charge in [-0.15, -0.1) is 0 Å². The quantitative estimate of drug-likeness (QED) is 0.466. The highest BCUT2D eigenvalue weighted by atomic mass is 14.9. The molecule has 0 atom stereocenters. The van der Waals surface area contributed by atoms with Crippen molar-refractivity contribution in [2.75, 3.05) is 0 Å². The Labute approximate surface area is 165 Å². The maximum absolute atomic E-state index is 5.04. The van der Waals surface area contributed by atoms with E-state index in [1.807, 2.05) is 27.7 Å². The number of para-hydroxylation sites is 1. The summed E-state index contributed by atoms with van der Waals surface area (Å²) in [5.41, 5.74) is 4.71. The lowest BCUT2D eigenvalue weighted by Gasteiger charge is -2.23. The SMILES string of the molecule is CC.CC.Cc1ccccc1-c1nc(C2CCCCC2)c2ccccc2n1. The predicted octanol–water partition coefficient (Wildman–Crippen LogP) is 7.71. The average Bonchev–Trinajstić information content (AvgIpc) is 2.77. The number of aromatic nitrogens is 2. The molecule has 0 radical (unpaired) electrons. The van der Waals surface area contributed by atoms with Gasteiger partial charge in [-0.3, -0.25) is 0 Å². The number of hydrogen-bond donors (Lipinski definition) is 0. The molecule has 0 spiro atoms. The Balaban J connectivity index is 0.000000614. The van der Waals surface area contributed by atoms with Gasteiger partial charge in [0.1, 0.15) is 0 Å². The maximum atomic E-state index is 5.04. The van der Waals surface area contributed by atoms with E-state index in [4.69, 9.17) is 9.97 Å². The largest absolute Gasteiger partial charge is 0.232 e. The van der Waals surface area contributed by atoms with Gasteiger partial charge < -0.3 is 0 Å². The van der Waals surface area contributed by atoms with Gasteiger partial charge >= 0.3 is 0 Å². The molecule has 1 fully saturated rings. The number of aryl methyl sites for hydroxylation is 1. The zero-order valence-electron chi connectivity index (χ0n) is 17.6.